The van der Waals surface area contributed by atoms with Gasteiger partial charge in [0.2, 0.25) is 0 Å². The van der Waals surface area contributed by atoms with Crippen LogP contribution in [0.4, 0.5) is 0 Å². The third-order valence-corrected chi connectivity index (χ3v) is 4.61. The second kappa shape index (κ2) is 10.3. The monoisotopic (exact) mass is 328 g/mol. The van der Waals surface area contributed by atoms with Crippen molar-refractivity contribution in [3.63, 3.8) is 0 Å². The van der Waals surface area contributed by atoms with Crippen molar-refractivity contribution >= 4 is 0 Å². The minimum absolute atomic E-state index is 0.234. The number of unbranched alkanes of at least 4 members (excludes halogenated alkanes) is 1. The number of rotatable bonds is 7. The van der Waals surface area contributed by atoms with E-state index in [9.17, 15) is 20.4 Å². The largest absolute Gasteiger partial charge is 0.394 e. The molecular formula is C18H32O5. The molecule has 0 radical (unpaired) electrons. The van der Waals surface area contributed by atoms with Crippen molar-refractivity contribution in [2.45, 2.75) is 83.4 Å². The molecule has 0 aromatic rings. The van der Waals surface area contributed by atoms with Crippen LogP contribution in [0.3, 0.4) is 0 Å². The van der Waals surface area contributed by atoms with Gasteiger partial charge in [-0.05, 0) is 18.8 Å². The summed E-state index contributed by atoms with van der Waals surface area (Å²) in [4.78, 5) is 0. The molecule has 6 unspecified atom stereocenters. The molecule has 0 amide bonds. The molecule has 0 bridgehead atoms. The summed E-state index contributed by atoms with van der Waals surface area (Å²) in [6.07, 6.45) is -0.411. The Hall–Kier alpha value is -0.640. The Morgan fingerprint density at radius 3 is 2.35 bits per heavy atom. The molecule has 1 heterocycles. The van der Waals surface area contributed by atoms with E-state index in [0.29, 0.717) is 5.92 Å². The summed E-state index contributed by atoms with van der Waals surface area (Å²) in [6.45, 7) is 6.08. The first-order valence-electron chi connectivity index (χ1n) is 8.76. The topological polar surface area (TPSA) is 90.2 Å². The smallest absolute Gasteiger partial charge is 0.147 e. The molecule has 23 heavy (non-hydrogen) atoms. The van der Waals surface area contributed by atoms with E-state index in [1.807, 2.05) is 0 Å². The highest BCUT2D eigenvalue weighted by atomic mass is 16.5. The Morgan fingerprint density at radius 2 is 1.78 bits per heavy atom. The molecule has 5 heteroatoms. The van der Waals surface area contributed by atoms with Crippen LogP contribution in [0.15, 0.2) is 0 Å². The van der Waals surface area contributed by atoms with E-state index < -0.39 is 37.1 Å². The highest BCUT2D eigenvalue weighted by Gasteiger charge is 2.42. The Labute approximate surface area is 139 Å². The van der Waals surface area contributed by atoms with Crippen LogP contribution < -0.4 is 0 Å². The molecule has 5 nitrogen and oxygen atoms in total. The van der Waals surface area contributed by atoms with Crippen molar-refractivity contribution < 1.29 is 25.2 Å². The van der Waals surface area contributed by atoms with Gasteiger partial charge in [0.15, 0.2) is 0 Å². The van der Waals surface area contributed by atoms with Gasteiger partial charge in [-0.3, -0.25) is 0 Å². The van der Waals surface area contributed by atoms with E-state index in [1.165, 1.54) is 0 Å². The maximum Gasteiger partial charge on any atom is 0.147 e. The fraction of sp³-hybridized carbons (Fsp3) is 0.889. The Kier molecular flexibility index (Phi) is 9.11. The molecule has 7 atom stereocenters. The third kappa shape index (κ3) is 6.06. The predicted octanol–water partition coefficient (Wildman–Crippen LogP) is 1.07. The number of aliphatic hydroxyl groups is 4. The van der Waals surface area contributed by atoms with Gasteiger partial charge in [-0.2, -0.15) is 0 Å². The maximum atomic E-state index is 10.0. The van der Waals surface area contributed by atoms with Crippen LogP contribution in [0.1, 0.15) is 52.9 Å². The van der Waals surface area contributed by atoms with Gasteiger partial charge in [-0.1, -0.05) is 51.9 Å². The van der Waals surface area contributed by atoms with E-state index in [-0.39, 0.29) is 5.92 Å². The lowest BCUT2D eigenvalue weighted by molar-refractivity contribution is -0.214. The van der Waals surface area contributed by atoms with Crippen LogP contribution in [-0.4, -0.2) is 57.6 Å². The van der Waals surface area contributed by atoms with Gasteiger partial charge in [0.05, 0.1) is 6.61 Å². The first-order valence-corrected chi connectivity index (χ1v) is 8.76. The molecule has 1 saturated heterocycles. The Morgan fingerprint density at radius 1 is 1.09 bits per heavy atom. The molecule has 1 aliphatic rings. The highest BCUT2D eigenvalue weighted by molar-refractivity contribution is 5.14. The van der Waals surface area contributed by atoms with Gasteiger partial charge < -0.3 is 25.2 Å². The summed E-state index contributed by atoms with van der Waals surface area (Å²) >= 11 is 0. The number of hydrogen-bond acceptors (Lipinski definition) is 5. The van der Waals surface area contributed by atoms with E-state index in [0.717, 1.165) is 32.1 Å². The van der Waals surface area contributed by atoms with Crippen LogP contribution in [0.5, 0.6) is 0 Å². The minimum Gasteiger partial charge on any atom is -0.394 e. The number of hydrogen-bond donors (Lipinski definition) is 4. The average molecular weight is 328 g/mol. The van der Waals surface area contributed by atoms with Crippen LogP contribution in [0.25, 0.3) is 0 Å². The van der Waals surface area contributed by atoms with Gasteiger partial charge in [0, 0.05) is 5.92 Å². The molecular weight excluding hydrogens is 296 g/mol. The molecule has 4 N–H and O–H groups in total. The zero-order valence-electron chi connectivity index (χ0n) is 14.5. The van der Waals surface area contributed by atoms with Gasteiger partial charge >= 0.3 is 0 Å². The number of ether oxygens (including phenoxy) is 1. The van der Waals surface area contributed by atoms with E-state index in [4.69, 9.17) is 4.74 Å². The first kappa shape index (κ1) is 20.4. The molecule has 0 spiro atoms. The van der Waals surface area contributed by atoms with Crippen molar-refractivity contribution in [3.05, 3.63) is 0 Å². The van der Waals surface area contributed by atoms with E-state index in [2.05, 4.69) is 32.6 Å². The molecule has 134 valence electrons. The molecule has 0 aromatic heterocycles. The molecule has 0 aliphatic carbocycles. The van der Waals surface area contributed by atoms with Gasteiger partial charge in [-0.25, -0.2) is 0 Å². The van der Waals surface area contributed by atoms with Gasteiger partial charge in [-0.15, -0.1) is 0 Å². The van der Waals surface area contributed by atoms with Gasteiger partial charge in [0.1, 0.15) is 30.5 Å². The fourth-order valence-corrected chi connectivity index (χ4v) is 2.77. The predicted molar refractivity (Wildman–Crippen MR) is 88.6 cm³/mol. The van der Waals surface area contributed by atoms with Crippen molar-refractivity contribution in [1.29, 1.82) is 0 Å². The van der Waals surface area contributed by atoms with Crippen LogP contribution in [0.2, 0.25) is 0 Å². The van der Waals surface area contributed by atoms with Crippen LogP contribution >= 0.6 is 0 Å². The van der Waals surface area contributed by atoms with Crippen molar-refractivity contribution in [2.75, 3.05) is 6.61 Å². The first-order chi connectivity index (χ1) is 10.9. The second-order valence-corrected chi connectivity index (χ2v) is 6.63. The lowest BCUT2D eigenvalue weighted by atomic mass is 9.89. The van der Waals surface area contributed by atoms with E-state index >= 15 is 0 Å². The lowest BCUT2D eigenvalue weighted by Gasteiger charge is -2.38. The third-order valence-electron chi connectivity index (χ3n) is 4.61. The fourth-order valence-electron chi connectivity index (χ4n) is 2.77. The molecule has 1 fully saturated rings. The lowest BCUT2D eigenvalue weighted by Crippen LogP contribution is -2.58. The van der Waals surface area contributed by atoms with Crippen LogP contribution in [-0.2, 0) is 4.74 Å². The molecule has 0 aromatic carbocycles. The quantitative estimate of drug-likeness (QED) is 0.525. The molecule has 1 rings (SSSR count). The van der Waals surface area contributed by atoms with Crippen LogP contribution in [0, 0.1) is 23.7 Å². The van der Waals surface area contributed by atoms with Crippen molar-refractivity contribution in [2.24, 2.45) is 11.8 Å². The average Bonchev–Trinajstić information content (AvgIpc) is 2.56. The summed E-state index contributed by atoms with van der Waals surface area (Å²) in [7, 11) is 0. The SMILES string of the molecule is CCCCC(C#CC1OC(CO)[C@@H](O)C(O)C1O)CC(C)CC. The second-order valence-electron chi connectivity index (χ2n) is 6.63. The maximum absolute atomic E-state index is 10.0. The normalized spacial score (nSPS) is 33.6. The standard InChI is InChI=1S/C18H32O5/c1-4-6-7-13(10-12(3)5-2)8-9-14-16(20)18(22)17(21)15(11-19)23-14/h12-22H,4-7,10-11H2,1-3H3/t12?,13?,14?,15?,16?,17-,18?/m1/s1. The zero-order chi connectivity index (χ0) is 17.4. The summed E-state index contributed by atoms with van der Waals surface area (Å²) in [6, 6.07) is 0. The summed E-state index contributed by atoms with van der Waals surface area (Å²) in [5.74, 6) is 6.93. The summed E-state index contributed by atoms with van der Waals surface area (Å²) in [5.41, 5.74) is 0. The molecule has 0 saturated carbocycles. The van der Waals surface area contributed by atoms with E-state index in [1.54, 1.807) is 0 Å². The molecule has 1 aliphatic heterocycles. The summed E-state index contributed by atoms with van der Waals surface area (Å²) < 4.78 is 5.43. The van der Waals surface area contributed by atoms with Crippen molar-refractivity contribution in [1.82, 2.24) is 0 Å². The summed E-state index contributed by atoms with van der Waals surface area (Å²) in [5, 5.41) is 38.8. The van der Waals surface area contributed by atoms with Gasteiger partial charge in [0.25, 0.3) is 0 Å². The number of aliphatic hydroxyl groups excluding tert-OH is 4. The Balaban J connectivity index is 2.77. The zero-order valence-corrected chi connectivity index (χ0v) is 14.5. The van der Waals surface area contributed by atoms with Crippen molar-refractivity contribution in [3.8, 4) is 11.8 Å². The highest BCUT2D eigenvalue weighted by Crippen LogP contribution is 2.23. The Bertz CT molecular complexity index is 387. The minimum atomic E-state index is -1.36.